The van der Waals surface area contributed by atoms with Gasteiger partial charge in [0.2, 0.25) is 0 Å². The van der Waals surface area contributed by atoms with Crippen LogP contribution in [0.2, 0.25) is 0 Å². The van der Waals surface area contributed by atoms with Crippen LogP contribution < -0.4 is 0 Å². The van der Waals surface area contributed by atoms with Gasteiger partial charge in [-0.05, 0) is 58.0 Å². The number of likely N-dealkylation sites (tertiary alicyclic amines) is 1. The molecule has 3 rings (SSSR count). The Hall–Kier alpha value is -1.86. The van der Waals surface area contributed by atoms with Gasteiger partial charge in [0.05, 0.1) is 17.7 Å². The zero-order valence-electron chi connectivity index (χ0n) is 16.9. The molecule has 1 fully saturated rings. The first-order chi connectivity index (χ1) is 12.7. The quantitative estimate of drug-likeness (QED) is 0.743. The van der Waals surface area contributed by atoms with Crippen LogP contribution in [0.3, 0.4) is 0 Å². The molecule has 0 saturated carbocycles. The largest absolute Gasteiger partial charge is 0.444 e. The molecule has 2 heterocycles. The van der Waals surface area contributed by atoms with Crippen molar-refractivity contribution < 1.29 is 9.53 Å². The molecule has 1 aliphatic rings. The fourth-order valence-electron chi connectivity index (χ4n) is 3.63. The molecule has 0 aliphatic carbocycles. The molecule has 27 heavy (non-hydrogen) atoms. The predicted octanol–water partition coefficient (Wildman–Crippen LogP) is 4.00. The lowest BCUT2D eigenvalue weighted by atomic mass is 10.0. The number of hydrogen-bond donors (Lipinski definition) is 0. The summed E-state index contributed by atoms with van der Waals surface area (Å²) in [4.78, 5) is 16.5. The molecule has 1 aliphatic heterocycles. The third-order valence-electron chi connectivity index (χ3n) is 5.18. The fourth-order valence-corrected chi connectivity index (χ4v) is 3.89. The summed E-state index contributed by atoms with van der Waals surface area (Å²) in [5.41, 5.74) is 1.86. The summed E-state index contributed by atoms with van der Waals surface area (Å²) in [7, 11) is 3.86. The van der Waals surface area contributed by atoms with Gasteiger partial charge in [0.25, 0.3) is 0 Å². The Morgan fingerprint density at radius 1 is 1.22 bits per heavy atom. The molecule has 1 saturated heterocycles. The normalized spacial score (nSPS) is 16.6. The van der Waals surface area contributed by atoms with E-state index in [1.807, 2.05) is 40.9 Å². The number of carbonyl (C=O) groups excluding carboxylic acids is 1. The highest BCUT2D eigenvalue weighted by Crippen LogP contribution is 2.21. The van der Waals surface area contributed by atoms with E-state index in [1.165, 1.54) is 0 Å². The van der Waals surface area contributed by atoms with Crippen LogP contribution in [0.15, 0.2) is 24.3 Å². The number of hydrogen-bond acceptors (Lipinski definition) is 4. The number of benzene rings is 1. The predicted molar refractivity (Wildman–Crippen MR) is 110 cm³/mol. The van der Waals surface area contributed by atoms with Crippen molar-refractivity contribution in [2.24, 2.45) is 7.05 Å². The molecular formula is C20H30N4O2S. The van der Waals surface area contributed by atoms with Crippen LogP contribution in [-0.4, -0.2) is 56.8 Å². The maximum atomic E-state index is 12.3. The molecule has 0 spiro atoms. The monoisotopic (exact) mass is 390 g/mol. The van der Waals surface area contributed by atoms with Gasteiger partial charge < -0.3 is 18.8 Å². The van der Waals surface area contributed by atoms with E-state index in [4.69, 9.17) is 17.0 Å². The maximum Gasteiger partial charge on any atom is 0.410 e. The number of imidazole rings is 1. The average molecular weight is 391 g/mol. The van der Waals surface area contributed by atoms with Crippen molar-refractivity contribution in [2.45, 2.75) is 51.9 Å². The molecule has 6 nitrogen and oxygen atoms in total. The van der Waals surface area contributed by atoms with Crippen LogP contribution in [0.4, 0.5) is 4.79 Å². The van der Waals surface area contributed by atoms with Gasteiger partial charge in [0, 0.05) is 33.2 Å². The Labute approximate surface area is 166 Å². The minimum Gasteiger partial charge on any atom is -0.444 e. The smallest absolute Gasteiger partial charge is 0.410 e. The number of rotatable bonds is 3. The van der Waals surface area contributed by atoms with Crippen LogP contribution in [-0.2, 0) is 18.5 Å². The first-order valence-corrected chi connectivity index (χ1v) is 9.90. The van der Waals surface area contributed by atoms with Crippen molar-refractivity contribution in [3.8, 4) is 0 Å². The molecule has 148 valence electrons. The van der Waals surface area contributed by atoms with E-state index in [-0.39, 0.29) is 12.1 Å². The summed E-state index contributed by atoms with van der Waals surface area (Å²) in [6.07, 6.45) is 1.64. The van der Waals surface area contributed by atoms with Crippen LogP contribution in [0.25, 0.3) is 11.0 Å². The molecular weight excluding hydrogens is 360 g/mol. The molecule has 0 N–H and O–H groups in total. The fraction of sp³-hybridized carbons (Fsp3) is 0.600. The lowest BCUT2D eigenvalue weighted by Gasteiger charge is -2.37. The van der Waals surface area contributed by atoms with Crippen LogP contribution in [0, 0.1) is 4.77 Å². The summed E-state index contributed by atoms with van der Waals surface area (Å²) >= 11 is 5.64. The van der Waals surface area contributed by atoms with E-state index in [2.05, 4.69) is 32.2 Å². The van der Waals surface area contributed by atoms with Gasteiger partial charge in [0.15, 0.2) is 4.77 Å². The second-order valence-electron chi connectivity index (χ2n) is 8.34. The molecule has 1 amide bonds. The number of piperidine rings is 1. The molecule has 7 heteroatoms. The van der Waals surface area contributed by atoms with Crippen LogP contribution >= 0.6 is 12.2 Å². The van der Waals surface area contributed by atoms with E-state index in [0.717, 1.165) is 48.4 Å². The number of fused-ring (bicyclic) bond motifs is 1. The molecule has 0 radical (unpaired) electrons. The van der Waals surface area contributed by atoms with Gasteiger partial charge in [-0.25, -0.2) is 4.79 Å². The summed E-state index contributed by atoms with van der Waals surface area (Å²) in [5, 5.41) is 0. The van der Waals surface area contributed by atoms with Gasteiger partial charge >= 0.3 is 6.09 Å². The minimum atomic E-state index is -0.461. The highest BCUT2D eigenvalue weighted by Gasteiger charge is 2.28. The van der Waals surface area contributed by atoms with Gasteiger partial charge in [-0.3, -0.25) is 4.90 Å². The first kappa shape index (κ1) is 19.9. The SMILES string of the molecule is CN(C(=O)OC(C)(C)C)C1CCN(Cn2c(=S)n(C)c3ccccc32)CC1. The second-order valence-corrected chi connectivity index (χ2v) is 8.71. The standard InChI is InChI=1S/C20H30N4O2S/c1-20(2,3)26-19(25)21(4)15-10-12-23(13-11-15)14-24-17-9-7-6-8-16(17)22(5)18(24)27/h6-9,15H,10-14H2,1-5H3. The van der Waals surface area contributed by atoms with Crippen molar-refractivity contribution in [1.29, 1.82) is 0 Å². The van der Waals surface area contributed by atoms with Crippen molar-refractivity contribution in [1.82, 2.24) is 18.9 Å². The van der Waals surface area contributed by atoms with Crippen molar-refractivity contribution in [3.63, 3.8) is 0 Å². The minimum absolute atomic E-state index is 0.219. The Kier molecular flexibility index (Phi) is 5.63. The van der Waals surface area contributed by atoms with E-state index in [0.29, 0.717) is 0 Å². The molecule has 0 unspecified atom stereocenters. The third kappa shape index (κ3) is 4.35. The van der Waals surface area contributed by atoms with Gasteiger partial charge in [-0.1, -0.05) is 12.1 Å². The number of amides is 1. The maximum absolute atomic E-state index is 12.3. The number of carbonyl (C=O) groups is 1. The van der Waals surface area contributed by atoms with Crippen LogP contribution in [0.1, 0.15) is 33.6 Å². The topological polar surface area (TPSA) is 42.6 Å². The van der Waals surface area contributed by atoms with Gasteiger partial charge in [0.1, 0.15) is 5.60 Å². The number of aromatic nitrogens is 2. The van der Waals surface area contributed by atoms with Crippen molar-refractivity contribution in [2.75, 3.05) is 20.1 Å². The lowest BCUT2D eigenvalue weighted by molar-refractivity contribution is 0.0138. The number of aryl methyl sites for hydroxylation is 1. The van der Waals surface area contributed by atoms with E-state index in [9.17, 15) is 4.79 Å². The molecule has 1 aromatic carbocycles. The van der Waals surface area contributed by atoms with Gasteiger partial charge in [-0.2, -0.15) is 0 Å². The zero-order valence-corrected chi connectivity index (χ0v) is 17.8. The summed E-state index contributed by atoms with van der Waals surface area (Å²) in [6.45, 7) is 8.34. The Morgan fingerprint density at radius 3 is 2.41 bits per heavy atom. The number of ether oxygens (including phenoxy) is 1. The molecule has 0 bridgehead atoms. The van der Waals surface area contributed by atoms with E-state index in [1.54, 1.807) is 4.90 Å². The van der Waals surface area contributed by atoms with Crippen LogP contribution in [0.5, 0.6) is 0 Å². The lowest BCUT2D eigenvalue weighted by Crippen LogP contribution is -2.47. The molecule has 0 atom stereocenters. The van der Waals surface area contributed by atoms with Gasteiger partial charge in [-0.15, -0.1) is 0 Å². The number of nitrogens with zero attached hydrogens (tertiary/aromatic N) is 4. The van der Waals surface area contributed by atoms with E-state index >= 15 is 0 Å². The van der Waals surface area contributed by atoms with Crippen molar-refractivity contribution in [3.05, 3.63) is 29.0 Å². The Morgan fingerprint density at radius 2 is 1.81 bits per heavy atom. The number of para-hydroxylation sites is 2. The second kappa shape index (κ2) is 7.64. The Bertz CT molecular complexity index is 872. The summed E-state index contributed by atoms with van der Waals surface area (Å²) in [6, 6.07) is 8.53. The van der Waals surface area contributed by atoms with Crippen molar-refractivity contribution >= 4 is 29.3 Å². The Balaban J connectivity index is 1.63. The summed E-state index contributed by atoms with van der Waals surface area (Å²) < 4.78 is 10.6. The molecule has 2 aromatic rings. The van der Waals surface area contributed by atoms with E-state index < -0.39 is 5.60 Å². The molecule has 1 aromatic heterocycles. The average Bonchev–Trinajstić information content (AvgIpc) is 2.86. The highest BCUT2D eigenvalue weighted by molar-refractivity contribution is 7.71. The highest BCUT2D eigenvalue weighted by atomic mass is 32.1. The zero-order chi connectivity index (χ0) is 19.8. The third-order valence-corrected chi connectivity index (χ3v) is 5.67. The summed E-state index contributed by atoms with van der Waals surface area (Å²) in [5.74, 6) is 0. The first-order valence-electron chi connectivity index (χ1n) is 9.50.